The number of amides is 1. The first kappa shape index (κ1) is 28.2. The van der Waals surface area contributed by atoms with Gasteiger partial charge < -0.3 is 10.5 Å². The lowest BCUT2D eigenvalue weighted by atomic mass is 9.91. The lowest BCUT2D eigenvalue weighted by Gasteiger charge is -2.35. The van der Waals surface area contributed by atoms with E-state index in [2.05, 4.69) is 35.2 Å². The van der Waals surface area contributed by atoms with Crippen molar-refractivity contribution in [3.05, 3.63) is 137 Å². The van der Waals surface area contributed by atoms with Gasteiger partial charge in [0, 0.05) is 13.1 Å². The van der Waals surface area contributed by atoms with Gasteiger partial charge in [0.2, 0.25) is 5.91 Å². The summed E-state index contributed by atoms with van der Waals surface area (Å²) < 4.78 is 44.8. The zero-order chi connectivity index (χ0) is 30.1. The number of hydrogen-bond acceptors (Lipinski definition) is 4. The molecule has 0 saturated heterocycles. The molecule has 1 unspecified atom stereocenters. The minimum atomic E-state index is -4.45. The van der Waals surface area contributed by atoms with Gasteiger partial charge in [0.15, 0.2) is 0 Å². The van der Waals surface area contributed by atoms with Gasteiger partial charge in [0.1, 0.15) is 11.8 Å². The van der Waals surface area contributed by atoms with Crippen LogP contribution in [0.15, 0.2) is 109 Å². The van der Waals surface area contributed by atoms with E-state index in [1.54, 1.807) is 42.5 Å². The molecule has 1 aliphatic rings. The summed E-state index contributed by atoms with van der Waals surface area (Å²) >= 11 is 0. The van der Waals surface area contributed by atoms with Crippen LogP contribution in [0.2, 0.25) is 0 Å². The van der Waals surface area contributed by atoms with Gasteiger partial charge in [-0.3, -0.25) is 9.69 Å². The predicted molar refractivity (Wildman–Crippen MR) is 158 cm³/mol. The summed E-state index contributed by atoms with van der Waals surface area (Å²) in [5.41, 5.74) is 8.96. The van der Waals surface area contributed by atoms with Crippen LogP contribution in [0.25, 0.3) is 21.9 Å². The standard InChI is InChI=1S/C35H27F3N2O3/c36-35(37,38)27-13-11-24(12-14-27)29-7-3-4-8-31(29)34(42)43-28-15-16-30-26(20-28)17-18-40(32(30)33(39)41)21-22-9-10-23-5-1-2-6-25(23)19-22/h1-16,19-20,32H,17-18,21H2,(H2,39,41). The van der Waals surface area contributed by atoms with Gasteiger partial charge >= 0.3 is 12.1 Å². The first-order valence-electron chi connectivity index (χ1n) is 13.8. The van der Waals surface area contributed by atoms with Crippen molar-refractivity contribution < 1.29 is 27.5 Å². The number of carbonyl (C=O) groups excluding carboxylic acids is 2. The molecule has 0 radical (unpaired) electrons. The number of ether oxygens (including phenoxy) is 1. The van der Waals surface area contributed by atoms with Crippen molar-refractivity contribution in [2.24, 2.45) is 5.73 Å². The Kier molecular flexibility index (Phi) is 7.46. The summed E-state index contributed by atoms with van der Waals surface area (Å²) in [6.45, 7) is 1.14. The lowest BCUT2D eigenvalue weighted by Crippen LogP contribution is -2.42. The number of nitrogens with zero attached hydrogens (tertiary/aromatic N) is 1. The van der Waals surface area contributed by atoms with Crippen molar-refractivity contribution in [2.45, 2.75) is 25.2 Å². The normalized spacial score (nSPS) is 15.2. The highest BCUT2D eigenvalue weighted by atomic mass is 19.4. The van der Waals surface area contributed by atoms with E-state index >= 15 is 0 Å². The molecule has 1 heterocycles. The summed E-state index contributed by atoms with van der Waals surface area (Å²) in [7, 11) is 0. The van der Waals surface area contributed by atoms with Crippen LogP contribution in [0, 0.1) is 0 Å². The van der Waals surface area contributed by atoms with Crippen molar-refractivity contribution in [3.63, 3.8) is 0 Å². The number of nitrogens with two attached hydrogens (primary N) is 1. The highest BCUT2D eigenvalue weighted by Crippen LogP contribution is 2.35. The van der Waals surface area contributed by atoms with Crippen molar-refractivity contribution in [3.8, 4) is 16.9 Å². The molecule has 8 heteroatoms. The second kappa shape index (κ2) is 11.4. The van der Waals surface area contributed by atoms with Gasteiger partial charge in [-0.25, -0.2) is 4.79 Å². The molecule has 0 fully saturated rings. The number of hydrogen-bond donors (Lipinski definition) is 1. The van der Waals surface area contributed by atoms with Crippen molar-refractivity contribution >= 4 is 22.6 Å². The largest absolute Gasteiger partial charge is 0.423 e. The number of esters is 1. The average Bonchev–Trinajstić information content (AvgIpc) is 3.00. The number of alkyl halides is 3. The lowest BCUT2D eigenvalue weighted by molar-refractivity contribution is -0.137. The number of primary amides is 1. The van der Waals surface area contributed by atoms with E-state index in [0.717, 1.165) is 39.6 Å². The van der Waals surface area contributed by atoms with E-state index in [1.165, 1.54) is 12.1 Å². The Labute approximate surface area is 246 Å². The molecule has 0 aromatic heterocycles. The zero-order valence-electron chi connectivity index (χ0n) is 23.0. The molecule has 1 aliphatic heterocycles. The van der Waals surface area contributed by atoms with Crippen LogP contribution in [0.3, 0.4) is 0 Å². The Morgan fingerprint density at radius 2 is 1.56 bits per heavy atom. The van der Waals surface area contributed by atoms with E-state index in [0.29, 0.717) is 36.4 Å². The minimum Gasteiger partial charge on any atom is -0.423 e. The van der Waals surface area contributed by atoms with Crippen LogP contribution >= 0.6 is 0 Å². The Hall–Kier alpha value is -4.95. The van der Waals surface area contributed by atoms with Crippen LogP contribution in [0.5, 0.6) is 5.75 Å². The Bertz CT molecular complexity index is 1830. The molecule has 6 rings (SSSR count). The number of fused-ring (bicyclic) bond motifs is 2. The Morgan fingerprint density at radius 1 is 0.837 bits per heavy atom. The molecule has 0 spiro atoms. The van der Waals surface area contributed by atoms with E-state index in [4.69, 9.17) is 10.5 Å². The summed E-state index contributed by atoms with van der Waals surface area (Å²) in [6.07, 6.45) is -3.83. The molecule has 0 bridgehead atoms. The van der Waals surface area contributed by atoms with Gasteiger partial charge in [-0.15, -0.1) is 0 Å². The number of rotatable bonds is 6. The van der Waals surface area contributed by atoms with Crippen LogP contribution in [0.1, 0.15) is 38.7 Å². The fraction of sp³-hybridized carbons (Fsp3) is 0.143. The smallest absolute Gasteiger partial charge is 0.416 e. The van der Waals surface area contributed by atoms with E-state index in [-0.39, 0.29) is 5.56 Å². The third-order valence-corrected chi connectivity index (χ3v) is 7.79. The van der Waals surface area contributed by atoms with Crippen LogP contribution in [0.4, 0.5) is 13.2 Å². The highest BCUT2D eigenvalue weighted by molar-refractivity contribution is 5.98. The molecule has 216 valence electrons. The Balaban J connectivity index is 1.22. The molecule has 0 aliphatic carbocycles. The maximum absolute atomic E-state index is 13.2. The van der Waals surface area contributed by atoms with Crippen LogP contribution in [-0.2, 0) is 23.9 Å². The predicted octanol–water partition coefficient (Wildman–Crippen LogP) is 7.33. The summed E-state index contributed by atoms with van der Waals surface area (Å²) in [5, 5.41) is 2.27. The van der Waals surface area contributed by atoms with Crippen LogP contribution in [-0.4, -0.2) is 23.3 Å². The summed E-state index contributed by atoms with van der Waals surface area (Å²) in [4.78, 5) is 28.0. The van der Waals surface area contributed by atoms with Gasteiger partial charge in [-0.2, -0.15) is 13.2 Å². The molecule has 0 saturated carbocycles. The maximum atomic E-state index is 13.2. The fourth-order valence-electron chi connectivity index (χ4n) is 5.71. The monoisotopic (exact) mass is 580 g/mol. The first-order valence-corrected chi connectivity index (χ1v) is 13.8. The quantitative estimate of drug-likeness (QED) is 0.169. The molecule has 5 nitrogen and oxygen atoms in total. The molecule has 5 aromatic rings. The molecular formula is C35H27F3N2O3. The molecule has 5 aromatic carbocycles. The Morgan fingerprint density at radius 3 is 2.30 bits per heavy atom. The van der Waals surface area contributed by atoms with Gasteiger partial charge in [0.05, 0.1) is 11.1 Å². The molecular weight excluding hydrogens is 553 g/mol. The van der Waals surface area contributed by atoms with Gasteiger partial charge in [-0.1, -0.05) is 72.8 Å². The van der Waals surface area contributed by atoms with Crippen LogP contribution < -0.4 is 10.5 Å². The molecule has 1 amide bonds. The topological polar surface area (TPSA) is 72.6 Å². The van der Waals surface area contributed by atoms with Crippen molar-refractivity contribution in [1.82, 2.24) is 4.90 Å². The van der Waals surface area contributed by atoms with E-state index in [9.17, 15) is 22.8 Å². The molecule has 43 heavy (non-hydrogen) atoms. The fourth-order valence-corrected chi connectivity index (χ4v) is 5.71. The summed E-state index contributed by atoms with van der Waals surface area (Å²) in [6, 6.07) is 30.1. The van der Waals surface area contributed by atoms with Gasteiger partial charge in [-0.05, 0) is 81.4 Å². The molecule has 2 N–H and O–H groups in total. The minimum absolute atomic E-state index is 0.219. The van der Waals surface area contributed by atoms with Gasteiger partial charge in [0.25, 0.3) is 0 Å². The third-order valence-electron chi connectivity index (χ3n) is 7.79. The second-order valence-corrected chi connectivity index (χ2v) is 10.6. The summed E-state index contributed by atoms with van der Waals surface area (Å²) in [5.74, 6) is -0.801. The maximum Gasteiger partial charge on any atom is 0.416 e. The zero-order valence-corrected chi connectivity index (χ0v) is 23.0. The number of carbonyl (C=O) groups is 2. The molecule has 1 atom stereocenters. The van der Waals surface area contributed by atoms with Crippen molar-refractivity contribution in [2.75, 3.05) is 6.54 Å². The average molecular weight is 581 g/mol. The van der Waals surface area contributed by atoms with E-state index < -0.39 is 29.7 Å². The first-order chi connectivity index (χ1) is 20.7. The number of halogens is 3. The van der Waals surface area contributed by atoms with E-state index in [1.807, 2.05) is 12.1 Å². The van der Waals surface area contributed by atoms with Crippen molar-refractivity contribution in [1.29, 1.82) is 0 Å². The highest BCUT2D eigenvalue weighted by Gasteiger charge is 2.32. The third kappa shape index (κ3) is 5.87. The number of benzene rings is 5. The SMILES string of the molecule is NC(=O)C1c2ccc(OC(=O)c3ccccc3-c3ccc(C(F)(F)F)cc3)cc2CCN1Cc1ccc2ccccc2c1. The second-order valence-electron chi connectivity index (χ2n) is 10.6.